The number of rotatable bonds is 4. The van der Waals surface area contributed by atoms with Crippen LogP contribution in [-0.4, -0.2) is 15.7 Å². The monoisotopic (exact) mass is 398 g/mol. The molecule has 0 unspecified atom stereocenters. The van der Waals surface area contributed by atoms with Crippen LogP contribution in [0.3, 0.4) is 0 Å². The fourth-order valence-electron chi connectivity index (χ4n) is 1.71. The van der Waals surface area contributed by atoms with Crippen LogP contribution in [0.15, 0.2) is 48.5 Å². The maximum Gasteiger partial charge on any atom is 0.446 e. The zero-order chi connectivity index (χ0) is 17.3. The molecule has 0 fully saturated rings. The molecule has 122 valence electrons. The first-order chi connectivity index (χ1) is 10.6. The lowest BCUT2D eigenvalue weighted by Gasteiger charge is -2.25. The Labute approximate surface area is 150 Å². The molecule has 0 bridgehead atoms. The molecule has 23 heavy (non-hydrogen) atoms. The molecular formula is C15H8Cl4F2O2. The van der Waals surface area contributed by atoms with Crippen molar-refractivity contribution in [3.05, 3.63) is 64.7 Å². The van der Waals surface area contributed by atoms with Crippen molar-refractivity contribution < 1.29 is 18.3 Å². The standard InChI is InChI=1S/C15H8Cl4F2O2/c16-10-6-7-11(13(22)9-4-2-1-3-5-9)12(8-10)23-15(20,21)14(17,18)19/h1-8H. The molecule has 0 saturated carbocycles. The molecule has 0 atom stereocenters. The molecule has 0 saturated heterocycles. The Morgan fingerprint density at radius 1 is 1.00 bits per heavy atom. The van der Waals surface area contributed by atoms with Crippen LogP contribution in [0.5, 0.6) is 5.75 Å². The molecule has 2 aromatic rings. The average Bonchev–Trinajstić information content (AvgIpc) is 2.46. The fourth-order valence-corrected chi connectivity index (χ4v) is 1.99. The third kappa shape index (κ3) is 4.27. The molecule has 0 amide bonds. The highest BCUT2D eigenvalue weighted by Gasteiger charge is 2.54. The van der Waals surface area contributed by atoms with Crippen LogP contribution in [0, 0.1) is 0 Å². The number of alkyl halides is 5. The molecule has 0 radical (unpaired) electrons. The van der Waals surface area contributed by atoms with E-state index < -0.39 is 21.4 Å². The van der Waals surface area contributed by atoms with Crippen LogP contribution in [-0.2, 0) is 0 Å². The van der Waals surface area contributed by atoms with E-state index in [1.54, 1.807) is 18.2 Å². The molecule has 2 nitrogen and oxygen atoms in total. The number of hydrogen-bond donors (Lipinski definition) is 0. The molecule has 0 aliphatic rings. The van der Waals surface area contributed by atoms with E-state index in [2.05, 4.69) is 4.74 Å². The van der Waals surface area contributed by atoms with Crippen molar-refractivity contribution in [1.82, 2.24) is 0 Å². The van der Waals surface area contributed by atoms with Crippen LogP contribution >= 0.6 is 46.4 Å². The summed E-state index contributed by atoms with van der Waals surface area (Å²) in [5.41, 5.74) is 0.159. The summed E-state index contributed by atoms with van der Waals surface area (Å²) >= 11 is 21.4. The minimum Gasteiger partial charge on any atom is -0.429 e. The van der Waals surface area contributed by atoms with Crippen molar-refractivity contribution in [2.75, 3.05) is 0 Å². The largest absolute Gasteiger partial charge is 0.446 e. The van der Waals surface area contributed by atoms with E-state index in [9.17, 15) is 13.6 Å². The van der Waals surface area contributed by atoms with Gasteiger partial charge in [0.25, 0.3) is 3.79 Å². The van der Waals surface area contributed by atoms with Gasteiger partial charge in [0.05, 0.1) is 5.56 Å². The molecule has 0 aliphatic carbocycles. The summed E-state index contributed by atoms with van der Waals surface area (Å²) < 4.78 is 29.1. The summed E-state index contributed by atoms with van der Waals surface area (Å²) in [7, 11) is 0. The number of ketones is 1. The van der Waals surface area contributed by atoms with E-state index in [0.29, 0.717) is 0 Å². The van der Waals surface area contributed by atoms with E-state index in [1.165, 1.54) is 24.3 Å². The Hall–Kier alpha value is -1.07. The lowest BCUT2D eigenvalue weighted by Crippen LogP contribution is -2.39. The summed E-state index contributed by atoms with van der Waals surface area (Å²) in [5.74, 6) is -1.01. The molecule has 2 rings (SSSR count). The van der Waals surface area contributed by atoms with Crippen LogP contribution < -0.4 is 4.74 Å². The number of carbonyl (C=O) groups excluding carboxylic acids is 1. The van der Waals surface area contributed by atoms with E-state index >= 15 is 0 Å². The first-order valence-electron chi connectivity index (χ1n) is 6.14. The van der Waals surface area contributed by atoms with Gasteiger partial charge < -0.3 is 4.74 Å². The second-order valence-corrected chi connectivity index (χ2v) is 7.17. The lowest BCUT2D eigenvalue weighted by molar-refractivity contribution is -0.171. The molecule has 0 aromatic heterocycles. The van der Waals surface area contributed by atoms with Gasteiger partial charge in [-0.3, -0.25) is 4.79 Å². The first-order valence-corrected chi connectivity index (χ1v) is 7.66. The zero-order valence-corrected chi connectivity index (χ0v) is 14.2. The van der Waals surface area contributed by atoms with Crippen molar-refractivity contribution in [2.24, 2.45) is 0 Å². The summed E-state index contributed by atoms with van der Waals surface area (Å²) in [6, 6.07) is 11.8. The van der Waals surface area contributed by atoms with E-state index in [-0.39, 0.29) is 16.1 Å². The molecule has 0 heterocycles. The summed E-state index contributed by atoms with van der Waals surface area (Å²) in [6.07, 6.45) is -4.16. The predicted octanol–water partition coefficient (Wildman–Crippen LogP) is 5.91. The minimum absolute atomic E-state index is 0.0877. The first kappa shape index (κ1) is 18.3. The third-order valence-electron chi connectivity index (χ3n) is 2.79. The van der Waals surface area contributed by atoms with Crippen molar-refractivity contribution in [2.45, 2.75) is 9.90 Å². The van der Waals surface area contributed by atoms with Crippen molar-refractivity contribution in [1.29, 1.82) is 0 Å². The molecule has 2 aromatic carbocycles. The van der Waals surface area contributed by atoms with Crippen LogP contribution in [0.1, 0.15) is 15.9 Å². The van der Waals surface area contributed by atoms with E-state index in [1.807, 2.05) is 0 Å². The number of hydrogen-bond acceptors (Lipinski definition) is 2. The van der Waals surface area contributed by atoms with Gasteiger partial charge in [-0.15, -0.1) is 0 Å². The van der Waals surface area contributed by atoms with Gasteiger partial charge in [-0.05, 0) is 18.2 Å². The van der Waals surface area contributed by atoms with Crippen molar-refractivity contribution in [3.8, 4) is 5.75 Å². The Morgan fingerprint density at radius 2 is 1.61 bits per heavy atom. The van der Waals surface area contributed by atoms with Gasteiger partial charge >= 0.3 is 6.11 Å². The Balaban J connectivity index is 2.45. The maximum atomic E-state index is 13.8. The van der Waals surface area contributed by atoms with Gasteiger partial charge in [0.1, 0.15) is 5.75 Å². The Kier molecular flexibility index (Phi) is 5.41. The molecule has 0 spiro atoms. The Bertz CT molecular complexity index is 715. The van der Waals surface area contributed by atoms with Gasteiger partial charge in [-0.25, -0.2) is 0 Å². The fraction of sp³-hybridized carbons (Fsp3) is 0.133. The smallest absolute Gasteiger partial charge is 0.429 e. The number of ether oxygens (including phenoxy) is 1. The number of carbonyl (C=O) groups is 1. The van der Waals surface area contributed by atoms with Gasteiger partial charge in [0, 0.05) is 10.6 Å². The van der Waals surface area contributed by atoms with Gasteiger partial charge in [-0.1, -0.05) is 76.7 Å². The zero-order valence-electron chi connectivity index (χ0n) is 11.2. The minimum atomic E-state index is -4.16. The summed E-state index contributed by atoms with van der Waals surface area (Å²) in [5, 5.41) is 0.0877. The SMILES string of the molecule is O=C(c1ccccc1)c1ccc(Cl)cc1OC(F)(F)C(Cl)(Cl)Cl. The van der Waals surface area contributed by atoms with E-state index in [0.717, 1.165) is 6.07 Å². The summed E-state index contributed by atoms with van der Waals surface area (Å²) in [6.45, 7) is 0. The van der Waals surface area contributed by atoms with Gasteiger partial charge in [0.2, 0.25) is 0 Å². The highest BCUT2D eigenvalue weighted by atomic mass is 35.6. The highest BCUT2D eigenvalue weighted by Crippen LogP contribution is 2.44. The molecule has 8 heteroatoms. The summed E-state index contributed by atoms with van der Waals surface area (Å²) in [4.78, 5) is 12.4. The highest BCUT2D eigenvalue weighted by molar-refractivity contribution is 6.68. The van der Waals surface area contributed by atoms with Crippen LogP contribution in [0.4, 0.5) is 8.78 Å². The van der Waals surface area contributed by atoms with Gasteiger partial charge in [0.15, 0.2) is 5.78 Å². The topological polar surface area (TPSA) is 26.3 Å². The predicted molar refractivity (Wildman–Crippen MR) is 87.2 cm³/mol. The van der Waals surface area contributed by atoms with E-state index in [4.69, 9.17) is 46.4 Å². The second kappa shape index (κ2) is 6.81. The Morgan fingerprint density at radius 3 is 2.17 bits per heavy atom. The number of halogens is 6. The average molecular weight is 400 g/mol. The van der Waals surface area contributed by atoms with Crippen LogP contribution in [0.2, 0.25) is 5.02 Å². The maximum absolute atomic E-state index is 13.8. The lowest BCUT2D eigenvalue weighted by atomic mass is 10.0. The van der Waals surface area contributed by atoms with Crippen LogP contribution in [0.25, 0.3) is 0 Å². The number of benzene rings is 2. The molecular weight excluding hydrogens is 392 g/mol. The molecule has 0 N–H and O–H groups in total. The second-order valence-electron chi connectivity index (χ2n) is 4.45. The normalized spacial score (nSPS) is 12.1. The third-order valence-corrected chi connectivity index (χ3v) is 3.69. The molecule has 0 aliphatic heterocycles. The van der Waals surface area contributed by atoms with Crippen molar-refractivity contribution in [3.63, 3.8) is 0 Å². The van der Waals surface area contributed by atoms with Crippen molar-refractivity contribution >= 4 is 52.2 Å². The quantitative estimate of drug-likeness (QED) is 0.471. The van der Waals surface area contributed by atoms with Gasteiger partial charge in [-0.2, -0.15) is 8.78 Å².